The summed E-state index contributed by atoms with van der Waals surface area (Å²) in [5, 5.41) is 0. The number of carbonyl (C=O) groups is 8. The number of Topliss-reactive ketones (excluding diaryl/α,β-unsaturated/α-hetero) is 4. The highest BCUT2D eigenvalue weighted by molar-refractivity contribution is 6.26. The summed E-state index contributed by atoms with van der Waals surface area (Å²) in [4.78, 5) is 122. The van der Waals surface area contributed by atoms with Crippen molar-refractivity contribution in [3.05, 3.63) is 113 Å². The number of rotatable bonds is 26. The third-order valence-electron chi connectivity index (χ3n) is 11.8. The molecular weight excluding hydrogens is 993 g/mol. The van der Waals surface area contributed by atoms with Gasteiger partial charge in [-0.05, 0) is 140 Å². The summed E-state index contributed by atoms with van der Waals surface area (Å²) in [6.07, 6.45) is 6.40. The molecule has 78 heavy (non-hydrogen) atoms. The average molecular weight is 1080 g/mol. The lowest BCUT2D eigenvalue weighted by molar-refractivity contribution is -0.139. The van der Waals surface area contributed by atoms with Crippen LogP contribution in [0.5, 0.6) is 0 Å². The van der Waals surface area contributed by atoms with Gasteiger partial charge in [0.2, 0.25) is 0 Å². The van der Waals surface area contributed by atoms with Crippen LogP contribution < -0.4 is 0 Å². The molecule has 0 aromatic rings. The van der Waals surface area contributed by atoms with Crippen LogP contribution in [0.3, 0.4) is 0 Å². The predicted octanol–water partition coefficient (Wildman–Crippen LogP) is 11.4. The fraction of sp³-hybridized carbons (Fsp3) is 0.484. The van der Waals surface area contributed by atoms with Crippen molar-refractivity contribution in [2.24, 2.45) is 43.6 Å². The maximum absolute atomic E-state index is 13.3. The molecule has 0 fully saturated rings. The normalized spacial score (nSPS) is 12.4. The SMILES string of the molecule is COC(=O)C(=C=NC(=C(C)C)/C(C)=C\C/C(C)=C(N=C=C(C(=O)OC)C(=O)C(C)C)\C(C)=C/C/C(C)=C(N=C=C(C(=O)OC)C(=O)C(C)C)\C(C)=C/C/C(C)=C(/N=C=C(C(=O)OC)C(=O)C(C)C)C(C)=C(C)C)C(=O)C(C)C. The van der Waals surface area contributed by atoms with E-state index < -0.39 is 70.7 Å². The third-order valence-corrected chi connectivity index (χ3v) is 11.8. The fourth-order valence-corrected chi connectivity index (χ4v) is 6.68. The first-order valence-corrected chi connectivity index (χ1v) is 25.5. The minimum absolute atomic E-state index is 0.218. The van der Waals surface area contributed by atoms with E-state index in [1.807, 2.05) is 87.5 Å². The van der Waals surface area contributed by atoms with Crippen molar-refractivity contribution in [1.82, 2.24) is 0 Å². The molecule has 0 saturated heterocycles. The first kappa shape index (κ1) is 70.3. The van der Waals surface area contributed by atoms with Gasteiger partial charge in [0.1, 0.15) is 0 Å². The van der Waals surface area contributed by atoms with Gasteiger partial charge in [-0.15, -0.1) is 0 Å². The van der Waals surface area contributed by atoms with Crippen LogP contribution in [-0.4, -0.2) is 98.9 Å². The van der Waals surface area contributed by atoms with E-state index in [-0.39, 0.29) is 35.1 Å². The fourth-order valence-electron chi connectivity index (χ4n) is 6.68. The van der Waals surface area contributed by atoms with E-state index in [2.05, 4.69) is 43.4 Å². The Bertz CT molecular complexity index is 2930. The maximum atomic E-state index is 13.3. The first-order chi connectivity index (χ1) is 36.3. The Hall–Kier alpha value is -7.72. The second-order valence-electron chi connectivity index (χ2n) is 20.1. The van der Waals surface area contributed by atoms with Crippen molar-refractivity contribution in [2.75, 3.05) is 28.4 Å². The van der Waals surface area contributed by atoms with E-state index >= 15 is 0 Å². The van der Waals surface area contributed by atoms with Gasteiger partial charge in [0.15, 0.2) is 45.4 Å². The van der Waals surface area contributed by atoms with E-state index in [0.717, 1.165) is 36.5 Å². The van der Waals surface area contributed by atoms with Crippen molar-refractivity contribution < 1.29 is 57.3 Å². The smallest absolute Gasteiger partial charge is 0.351 e. The van der Waals surface area contributed by atoms with Crippen LogP contribution >= 0.6 is 0 Å². The number of esters is 4. The highest BCUT2D eigenvalue weighted by Gasteiger charge is 2.26. The lowest BCUT2D eigenvalue weighted by atomic mass is 9.99. The molecule has 0 rings (SSSR count). The Morgan fingerprint density at radius 2 is 0.564 bits per heavy atom. The quantitative estimate of drug-likeness (QED) is 0.0150. The number of nitrogens with zero attached hydrogens (tertiary/aromatic N) is 4. The molecule has 0 aliphatic rings. The first-order valence-electron chi connectivity index (χ1n) is 25.5. The summed E-state index contributed by atoms with van der Waals surface area (Å²) >= 11 is 0. The molecule has 0 aromatic heterocycles. The van der Waals surface area contributed by atoms with Crippen LogP contribution in [0.1, 0.15) is 151 Å². The molecule has 0 spiro atoms. The Morgan fingerprint density at radius 3 is 0.782 bits per heavy atom. The Morgan fingerprint density at radius 1 is 0.346 bits per heavy atom. The molecule has 16 heteroatoms. The topological polar surface area (TPSA) is 223 Å². The van der Waals surface area contributed by atoms with Gasteiger partial charge in [-0.1, -0.05) is 79.2 Å². The van der Waals surface area contributed by atoms with E-state index in [1.54, 1.807) is 62.3 Å². The van der Waals surface area contributed by atoms with Crippen LogP contribution in [0.15, 0.2) is 133 Å². The van der Waals surface area contributed by atoms with Crippen LogP contribution in [0.2, 0.25) is 0 Å². The molecule has 0 N–H and O–H groups in total. The zero-order chi connectivity index (χ0) is 60.5. The zero-order valence-corrected chi connectivity index (χ0v) is 50.4. The predicted molar refractivity (Wildman–Crippen MR) is 307 cm³/mol. The average Bonchev–Trinajstić information content (AvgIpc) is 3.39. The van der Waals surface area contributed by atoms with E-state index in [4.69, 9.17) is 18.9 Å². The largest absolute Gasteiger partial charge is 0.465 e. The molecule has 0 aliphatic carbocycles. The highest BCUT2D eigenvalue weighted by atomic mass is 16.5. The summed E-state index contributed by atoms with van der Waals surface area (Å²) in [7, 11) is 4.66. The molecular formula is C62H82N4O12. The van der Waals surface area contributed by atoms with Crippen LogP contribution in [0, 0.1) is 23.7 Å². The molecule has 0 bridgehead atoms. The molecule has 0 radical (unpaired) electrons. The number of aliphatic imine (C=N–C) groups is 4. The van der Waals surface area contributed by atoms with Crippen molar-refractivity contribution in [1.29, 1.82) is 0 Å². The second kappa shape index (κ2) is 34.1. The monoisotopic (exact) mass is 1070 g/mol. The molecule has 0 saturated carbocycles. The Kier molecular flexibility index (Phi) is 30.8. The van der Waals surface area contributed by atoms with Gasteiger partial charge in [0.25, 0.3) is 0 Å². The summed E-state index contributed by atoms with van der Waals surface area (Å²) in [6, 6.07) is 0. The molecule has 0 unspecified atom stereocenters. The van der Waals surface area contributed by atoms with Gasteiger partial charge in [0.05, 0.1) is 51.2 Å². The zero-order valence-electron chi connectivity index (χ0n) is 50.4. The minimum atomic E-state index is -0.907. The summed E-state index contributed by atoms with van der Waals surface area (Å²) < 4.78 is 19.6. The minimum Gasteiger partial charge on any atom is -0.465 e. The number of allylic oxidation sites excluding steroid dienone is 12. The van der Waals surface area contributed by atoms with Crippen molar-refractivity contribution in [3.63, 3.8) is 0 Å². The molecule has 0 aliphatic heterocycles. The molecule has 0 amide bonds. The number of hydrogen-bond acceptors (Lipinski definition) is 16. The molecule has 0 heterocycles. The van der Waals surface area contributed by atoms with Crippen LogP contribution in [0.25, 0.3) is 0 Å². The van der Waals surface area contributed by atoms with Gasteiger partial charge < -0.3 is 18.9 Å². The second-order valence-corrected chi connectivity index (χ2v) is 20.1. The van der Waals surface area contributed by atoms with Gasteiger partial charge in [-0.25, -0.2) is 39.1 Å². The maximum Gasteiger partial charge on any atom is 0.351 e. The van der Waals surface area contributed by atoms with Crippen molar-refractivity contribution in [3.8, 4) is 0 Å². The van der Waals surface area contributed by atoms with Crippen molar-refractivity contribution in [2.45, 2.75) is 151 Å². The lowest BCUT2D eigenvalue weighted by Crippen LogP contribution is -2.19. The molecule has 0 atom stereocenters. The molecule has 0 aromatic carbocycles. The van der Waals surface area contributed by atoms with Crippen LogP contribution in [0.4, 0.5) is 0 Å². The lowest BCUT2D eigenvalue weighted by Gasteiger charge is -2.12. The van der Waals surface area contributed by atoms with Gasteiger partial charge in [-0.2, -0.15) is 0 Å². The van der Waals surface area contributed by atoms with Gasteiger partial charge >= 0.3 is 23.9 Å². The standard InChI is InChI=1S/C62H82N4O12/c1-34(2)46(19)54(66-33-50(62(74)78-23)58(70)39(11)12)45(18)29-28-44(17)53(65-32-49(61(73)77-22)57(69)38(9)10)43(16)27-26-42(15)52(64-31-48(60(72)76-21)56(68)37(7)8)41(14)25-24-40(13)51(35(3)4)63-30-47(59(71)75-20)55(67)36(5)6/h24,26,28,36-39H,25,27,29H2,1-23H3/b40-24-,42-26-,44-28-,52-41+,53-43+,54-45+. The number of ether oxygens (including phenoxy) is 4. The summed E-state index contributed by atoms with van der Waals surface area (Å²) in [5.74, 6) is 2.97. The third kappa shape index (κ3) is 21.7. The Balaban J connectivity index is 8.81. The summed E-state index contributed by atoms with van der Waals surface area (Å²) in [6.45, 7) is 33.4. The molecule has 16 nitrogen and oxygen atoms in total. The number of hydrogen-bond donors (Lipinski definition) is 0. The Labute approximate surface area is 462 Å². The van der Waals surface area contributed by atoms with E-state index in [1.165, 1.54) is 14.2 Å². The molecule has 422 valence electrons. The summed E-state index contributed by atoms with van der Waals surface area (Å²) in [5.41, 5.74) is 6.80. The number of carbonyl (C=O) groups excluding carboxylic acids is 8. The van der Waals surface area contributed by atoms with Gasteiger partial charge in [0, 0.05) is 47.2 Å². The van der Waals surface area contributed by atoms with E-state index in [0.29, 0.717) is 57.1 Å². The van der Waals surface area contributed by atoms with Crippen LogP contribution in [-0.2, 0) is 57.3 Å². The van der Waals surface area contributed by atoms with Gasteiger partial charge in [-0.3, -0.25) is 19.2 Å². The number of methoxy groups -OCH3 is 4. The van der Waals surface area contributed by atoms with E-state index in [9.17, 15) is 38.4 Å². The highest BCUT2D eigenvalue weighted by Crippen LogP contribution is 2.28. The van der Waals surface area contributed by atoms with Crippen molar-refractivity contribution >= 4 is 70.5 Å². The number of ketones is 4.